The number of rotatable bonds is 4. The van der Waals surface area contributed by atoms with Crippen LogP contribution in [0.4, 0.5) is 0 Å². The molecule has 2 saturated heterocycles. The minimum Gasteiger partial charge on any atom is -0.394 e. The number of aliphatic hydroxyl groups excluding tert-OH is 9. The van der Waals surface area contributed by atoms with Crippen LogP contribution in [0.2, 0.25) is 0 Å². The van der Waals surface area contributed by atoms with Crippen LogP contribution in [0.15, 0.2) is 0 Å². The van der Waals surface area contributed by atoms with E-state index in [1.807, 2.05) is 0 Å². The van der Waals surface area contributed by atoms with Gasteiger partial charge in [0.15, 0.2) is 6.29 Å². The highest BCUT2D eigenvalue weighted by molar-refractivity contribution is 5.00. The zero-order chi connectivity index (χ0) is 24.0. The quantitative estimate of drug-likeness (QED) is 0.188. The molecule has 13 atom stereocenters. The van der Waals surface area contributed by atoms with Crippen LogP contribution >= 0.6 is 0 Å². The molecule has 0 aromatic rings. The molecule has 0 bridgehead atoms. The van der Waals surface area contributed by atoms with Crippen LogP contribution in [-0.4, -0.2) is 132 Å². The fourth-order valence-electron chi connectivity index (χ4n) is 5.82. The second kappa shape index (κ2) is 10.2. The van der Waals surface area contributed by atoms with Gasteiger partial charge in [0.2, 0.25) is 0 Å². The third-order valence-electron chi connectivity index (χ3n) is 7.69. The maximum Gasteiger partial charge on any atom is 0.187 e. The summed E-state index contributed by atoms with van der Waals surface area (Å²) < 4.78 is 17.7. The van der Waals surface area contributed by atoms with Gasteiger partial charge >= 0.3 is 0 Å². The Bertz CT molecular complexity index is 639. The first-order valence-corrected chi connectivity index (χ1v) is 11.6. The monoisotopic (exact) mass is 480 g/mol. The van der Waals surface area contributed by atoms with Crippen molar-refractivity contribution >= 4 is 0 Å². The standard InChI is InChI=1S/C21H36O12/c22-6-15-17(28)18(29)19(30)21(33-15)32-14-5-9-10(24)3-8(23)4-13(9)31-20(14)7-1-11(25)16(27)12(26)2-7/h7-30H,1-6H2/t7?,8?,9?,10?,11?,12?,13?,14?,15-,16?,17+,18-,19-,20?,21-/m1/s1. The molecule has 0 aromatic heterocycles. The number of ether oxygens (including phenoxy) is 3. The molecule has 4 aliphatic rings. The Kier molecular flexibility index (Phi) is 7.95. The molecule has 0 spiro atoms. The van der Waals surface area contributed by atoms with E-state index in [1.165, 1.54) is 0 Å². The summed E-state index contributed by atoms with van der Waals surface area (Å²) in [4.78, 5) is 0. The first-order valence-electron chi connectivity index (χ1n) is 11.6. The Hall–Kier alpha value is -0.480. The number of hydrogen-bond acceptors (Lipinski definition) is 12. The van der Waals surface area contributed by atoms with Gasteiger partial charge in [0.1, 0.15) is 30.5 Å². The lowest BCUT2D eigenvalue weighted by molar-refractivity contribution is -0.333. The lowest BCUT2D eigenvalue weighted by atomic mass is 9.72. The molecule has 192 valence electrons. The van der Waals surface area contributed by atoms with Crippen molar-refractivity contribution in [1.82, 2.24) is 0 Å². The molecular formula is C21H36O12. The first-order chi connectivity index (χ1) is 15.6. The lowest BCUT2D eigenvalue weighted by Gasteiger charge is -2.51. The zero-order valence-electron chi connectivity index (χ0n) is 18.2. The van der Waals surface area contributed by atoms with Crippen LogP contribution in [0.5, 0.6) is 0 Å². The van der Waals surface area contributed by atoms with Gasteiger partial charge in [-0.15, -0.1) is 0 Å². The highest BCUT2D eigenvalue weighted by Gasteiger charge is 2.52. The number of fused-ring (bicyclic) bond motifs is 1. The Morgan fingerprint density at radius 2 is 1.33 bits per heavy atom. The van der Waals surface area contributed by atoms with Gasteiger partial charge in [0, 0.05) is 5.92 Å². The van der Waals surface area contributed by atoms with Crippen molar-refractivity contribution in [3.05, 3.63) is 0 Å². The minimum absolute atomic E-state index is 0.111. The SMILES string of the molecule is OC[C@H]1O[C@@H](OC2CC3C(O)CC(O)CC3OC2C2CC(O)C(O)C(O)C2)[C@H](O)[C@H](O)[C@H]1O. The molecule has 2 aliphatic carbocycles. The van der Waals surface area contributed by atoms with Crippen LogP contribution in [0, 0.1) is 11.8 Å². The topological polar surface area (TPSA) is 210 Å². The molecule has 4 rings (SSSR count). The molecule has 33 heavy (non-hydrogen) atoms. The van der Waals surface area contributed by atoms with Crippen molar-refractivity contribution in [2.75, 3.05) is 6.61 Å². The fraction of sp³-hybridized carbons (Fsp3) is 1.00. The van der Waals surface area contributed by atoms with Crippen molar-refractivity contribution in [3.63, 3.8) is 0 Å². The summed E-state index contributed by atoms with van der Waals surface area (Å²) >= 11 is 0. The predicted octanol–water partition coefficient (Wildman–Crippen LogP) is -4.05. The Morgan fingerprint density at radius 3 is 1.97 bits per heavy atom. The highest BCUT2D eigenvalue weighted by atomic mass is 16.7. The molecule has 8 unspecified atom stereocenters. The molecule has 2 heterocycles. The minimum atomic E-state index is -1.62. The molecule has 2 saturated carbocycles. The van der Waals surface area contributed by atoms with Gasteiger partial charge in [0.05, 0.1) is 49.3 Å². The van der Waals surface area contributed by atoms with Gasteiger partial charge < -0.3 is 60.2 Å². The molecule has 0 aromatic carbocycles. The third kappa shape index (κ3) is 5.08. The van der Waals surface area contributed by atoms with Crippen LogP contribution in [-0.2, 0) is 14.2 Å². The van der Waals surface area contributed by atoms with Crippen molar-refractivity contribution in [1.29, 1.82) is 0 Å². The molecule has 12 heteroatoms. The lowest BCUT2D eigenvalue weighted by Crippen LogP contribution is -2.62. The average Bonchev–Trinajstić information content (AvgIpc) is 2.77. The van der Waals surface area contributed by atoms with E-state index in [9.17, 15) is 46.0 Å². The molecular weight excluding hydrogens is 444 g/mol. The average molecular weight is 481 g/mol. The van der Waals surface area contributed by atoms with Crippen LogP contribution in [0.1, 0.15) is 32.1 Å². The Balaban J connectivity index is 1.56. The van der Waals surface area contributed by atoms with Gasteiger partial charge in [-0.1, -0.05) is 0 Å². The van der Waals surface area contributed by atoms with E-state index in [2.05, 4.69) is 0 Å². The second-order valence-corrected chi connectivity index (χ2v) is 9.96. The normalized spacial score (nSPS) is 55.7. The summed E-state index contributed by atoms with van der Waals surface area (Å²) in [5.74, 6) is -0.839. The summed E-state index contributed by atoms with van der Waals surface area (Å²) in [6.45, 7) is -0.615. The van der Waals surface area contributed by atoms with Gasteiger partial charge in [-0.3, -0.25) is 0 Å². The summed E-state index contributed by atoms with van der Waals surface area (Å²) in [6, 6.07) is 0. The van der Waals surface area contributed by atoms with Gasteiger partial charge in [-0.05, 0) is 38.0 Å². The van der Waals surface area contributed by atoms with Crippen LogP contribution in [0.3, 0.4) is 0 Å². The summed E-state index contributed by atoms with van der Waals surface area (Å²) in [6.07, 6.45) is -13.7. The van der Waals surface area contributed by atoms with E-state index >= 15 is 0 Å². The molecule has 2 aliphatic heterocycles. The Labute approximate surface area is 191 Å². The summed E-state index contributed by atoms with van der Waals surface area (Å²) in [5, 5.41) is 90.9. The van der Waals surface area contributed by atoms with E-state index in [4.69, 9.17) is 14.2 Å². The van der Waals surface area contributed by atoms with E-state index in [-0.39, 0.29) is 31.6 Å². The maximum atomic E-state index is 10.5. The van der Waals surface area contributed by atoms with Crippen molar-refractivity contribution in [3.8, 4) is 0 Å². The Morgan fingerprint density at radius 1 is 0.667 bits per heavy atom. The van der Waals surface area contributed by atoms with Gasteiger partial charge in [-0.2, -0.15) is 0 Å². The molecule has 9 N–H and O–H groups in total. The smallest absolute Gasteiger partial charge is 0.187 e. The summed E-state index contributed by atoms with van der Waals surface area (Å²) in [5.41, 5.74) is 0. The number of aliphatic hydroxyl groups is 9. The van der Waals surface area contributed by atoms with Crippen molar-refractivity contribution in [2.24, 2.45) is 11.8 Å². The second-order valence-electron chi connectivity index (χ2n) is 9.96. The fourth-order valence-corrected chi connectivity index (χ4v) is 5.82. The third-order valence-corrected chi connectivity index (χ3v) is 7.69. The van der Waals surface area contributed by atoms with E-state index in [0.717, 1.165) is 0 Å². The molecule has 0 radical (unpaired) electrons. The highest BCUT2D eigenvalue weighted by Crippen LogP contribution is 2.43. The van der Waals surface area contributed by atoms with Crippen LogP contribution in [0.25, 0.3) is 0 Å². The predicted molar refractivity (Wildman–Crippen MR) is 107 cm³/mol. The molecule has 0 amide bonds. The maximum absolute atomic E-state index is 10.5. The van der Waals surface area contributed by atoms with E-state index in [1.54, 1.807) is 0 Å². The van der Waals surface area contributed by atoms with Crippen molar-refractivity contribution in [2.45, 2.75) is 112 Å². The number of hydrogen-bond donors (Lipinski definition) is 9. The van der Waals surface area contributed by atoms with Gasteiger partial charge in [0.25, 0.3) is 0 Å². The van der Waals surface area contributed by atoms with Gasteiger partial charge in [-0.25, -0.2) is 0 Å². The zero-order valence-corrected chi connectivity index (χ0v) is 18.2. The van der Waals surface area contributed by atoms with Crippen molar-refractivity contribution < 1.29 is 60.2 Å². The largest absolute Gasteiger partial charge is 0.394 e. The van der Waals surface area contributed by atoms with E-state index in [0.29, 0.717) is 6.42 Å². The van der Waals surface area contributed by atoms with Crippen LogP contribution < -0.4 is 0 Å². The van der Waals surface area contributed by atoms with E-state index < -0.39 is 92.1 Å². The summed E-state index contributed by atoms with van der Waals surface area (Å²) in [7, 11) is 0. The molecule has 4 fully saturated rings. The first kappa shape index (κ1) is 25.6. The molecule has 12 nitrogen and oxygen atoms in total.